The zero-order chi connectivity index (χ0) is 11.9. The Balaban J connectivity index is 4.12. The van der Waals surface area contributed by atoms with Crippen LogP contribution in [0.5, 0.6) is 0 Å². The second-order valence-corrected chi connectivity index (χ2v) is 4.66. The van der Waals surface area contributed by atoms with Gasteiger partial charge in [0.05, 0.1) is 0 Å². The van der Waals surface area contributed by atoms with Crippen molar-refractivity contribution >= 4 is 5.97 Å². The van der Waals surface area contributed by atoms with Crippen molar-refractivity contribution in [1.29, 1.82) is 0 Å². The number of hydrogen-bond acceptors (Lipinski definition) is 2. The van der Waals surface area contributed by atoms with E-state index >= 15 is 0 Å². The second-order valence-electron chi connectivity index (χ2n) is 4.66. The van der Waals surface area contributed by atoms with Crippen LogP contribution in [0.2, 0.25) is 0 Å². The number of aliphatic carboxylic acids is 1. The van der Waals surface area contributed by atoms with Crippen molar-refractivity contribution in [3.63, 3.8) is 0 Å². The molecule has 0 saturated carbocycles. The third-order valence-corrected chi connectivity index (χ3v) is 2.84. The molecule has 0 amide bonds. The fraction of sp³-hybridized carbons (Fsp3) is 0.917. The predicted molar refractivity (Wildman–Crippen MR) is 63.0 cm³/mol. The summed E-state index contributed by atoms with van der Waals surface area (Å²) >= 11 is 0. The largest absolute Gasteiger partial charge is 0.480 e. The van der Waals surface area contributed by atoms with E-state index in [2.05, 4.69) is 19.2 Å². The van der Waals surface area contributed by atoms with Gasteiger partial charge in [0.2, 0.25) is 0 Å². The van der Waals surface area contributed by atoms with E-state index in [0.29, 0.717) is 12.3 Å². The molecule has 15 heavy (non-hydrogen) atoms. The van der Waals surface area contributed by atoms with Crippen LogP contribution in [-0.2, 0) is 4.79 Å². The lowest BCUT2D eigenvalue weighted by Crippen LogP contribution is -2.50. The van der Waals surface area contributed by atoms with Crippen LogP contribution in [0, 0.1) is 5.92 Å². The lowest BCUT2D eigenvalue weighted by Gasteiger charge is -2.27. The molecule has 0 aliphatic heterocycles. The Kier molecular flexibility index (Phi) is 6.57. The summed E-state index contributed by atoms with van der Waals surface area (Å²) in [6.45, 7) is 8.89. The number of rotatable bonds is 8. The highest BCUT2D eigenvalue weighted by Crippen LogP contribution is 2.14. The Morgan fingerprint density at radius 1 is 1.40 bits per heavy atom. The van der Waals surface area contributed by atoms with Crippen LogP contribution < -0.4 is 5.32 Å². The van der Waals surface area contributed by atoms with Crippen LogP contribution in [0.4, 0.5) is 0 Å². The summed E-state index contributed by atoms with van der Waals surface area (Å²) in [6.07, 6.45) is 3.87. The predicted octanol–water partition coefficient (Wildman–Crippen LogP) is 2.66. The maximum Gasteiger partial charge on any atom is 0.323 e. The molecule has 0 spiro atoms. The van der Waals surface area contributed by atoms with Crippen LogP contribution >= 0.6 is 0 Å². The Labute approximate surface area is 93.3 Å². The Morgan fingerprint density at radius 3 is 2.40 bits per heavy atom. The number of hydrogen-bond donors (Lipinski definition) is 2. The molecule has 2 atom stereocenters. The van der Waals surface area contributed by atoms with E-state index in [4.69, 9.17) is 5.11 Å². The van der Waals surface area contributed by atoms with Crippen molar-refractivity contribution in [2.45, 2.75) is 58.9 Å². The Morgan fingerprint density at radius 2 is 2.00 bits per heavy atom. The van der Waals surface area contributed by atoms with E-state index in [1.165, 1.54) is 0 Å². The molecule has 0 saturated heterocycles. The first-order valence-electron chi connectivity index (χ1n) is 5.94. The molecule has 0 aliphatic rings. The molecule has 3 nitrogen and oxygen atoms in total. The van der Waals surface area contributed by atoms with Crippen molar-refractivity contribution < 1.29 is 9.90 Å². The van der Waals surface area contributed by atoms with Gasteiger partial charge in [-0.3, -0.25) is 4.79 Å². The minimum absolute atomic E-state index is 0.547. The zero-order valence-corrected chi connectivity index (χ0v) is 10.5. The molecule has 0 rings (SSSR count). The van der Waals surface area contributed by atoms with Crippen molar-refractivity contribution in [2.75, 3.05) is 6.54 Å². The molecular formula is C12H25NO2. The summed E-state index contributed by atoms with van der Waals surface area (Å²) < 4.78 is 0. The van der Waals surface area contributed by atoms with Crippen LogP contribution in [0.25, 0.3) is 0 Å². The van der Waals surface area contributed by atoms with Gasteiger partial charge in [0, 0.05) is 0 Å². The van der Waals surface area contributed by atoms with Gasteiger partial charge < -0.3 is 10.4 Å². The summed E-state index contributed by atoms with van der Waals surface area (Å²) in [5.74, 6) is -0.196. The van der Waals surface area contributed by atoms with Crippen molar-refractivity contribution in [3.05, 3.63) is 0 Å². The maximum absolute atomic E-state index is 11.1. The smallest absolute Gasteiger partial charge is 0.323 e. The topological polar surface area (TPSA) is 49.3 Å². The van der Waals surface area contributed by atoms with Gasteiger partial charge >= 0.3 is 5.97 Å². The zero-order valence-electron chi connectivity index (χ0n) is 10.5. The normalized spacial score (nSPS) is 17.1. The summed E-state index contributed by atoms with van der Waals surface area (Å²) in [5, 5.41) is 12.3. The van der Waals surface area contributed by atoms with Gasteiger partial charge in [-0.05, 0) is 32.2 Å². The first kappa shape index (κ1) is 14.4. The molecule has 0 aromatic heterocycles. The van der Waals surface area contributed by atoms with Crippen LogP contribution in [0.1, 0.15) is 53.4 Å². The van der Waals surface area contributed by atoms with Gasteiger partial charge in [0.25, 0.3) is 0 Å². The molecule has 2 N–H and O–H groups in total. The average Bonchev–Trinajstić information content (AvgIpc) is 2.15. The number of carbonyl (C=O) groups is 1. The standard InChI is InChI=1S/C12H25NO2/c1-5-7-10(3)9-13-12(4,8-6-2)11(14)15/h10,13H,5-9H2,1-4H3,(H,14,15). The fourth-order valence-electron chi connectivity index (χ4n) is 1.77. The van der Waals surface area contributed by atoms with E-state index in [1.807, 2.05) is 6.92 Å². The molecule has 0 fully saturated rings. The van der Waals surface area contributed by atoms with Gasteiger partial charge in [0.15, 0.2) is 0 Å². The van der Waals surface area contributed by atoms with E-state index in [0.717, 1.165) is 25.8 Å². The van der Waals surface area contributed by atoms with Crippen LogP contribution in [0.3, 0.4) is 0 Å². The van der Waals surface area contributed by atoms with Crippen LogP contribution in [0.15, 0.2) is 0 Å². The number of carboxylic acids is 1. The molecule has 0 aromatic rings. The van der Waals surface area contributed by atoms with Gasteiger partial charge in [-0.15, -0.1) is 0 Å². The molecule has 0 aromatic carbocycles. The van der Waals surface area contributed by atoms with Gasteiger partial charge in [-0.25, -0.2) is 0 Å². The van der Waals surface area contributed by atoms with E-state index in [1.54, 1.807) is 6.92 Å². The highest BCUT2D eigenvalue weighted by molar-refractivity contribution is 5.78. The molecule has 0 aliphatic carbocycles. The quantitative estimate of drug-likeness (QED) is 0.654. The number of carboxylic acid groups (broad SMARTS) is 1. The van der Waals surface area contributed by atoms with Gasteiger partial charge in [-0.2, -0.15) is 0 Å². The molecule has 3 heteroatoms. The minimum atomic E-state index is -0.753. The highest BCUT2D eigenvalue weighted by Gasteiger charge is 2.31. The van der Waals surface area contributed by atoms with E-state index in [-0.39, 0.29) is 0 Å². The fourth-order valence-corrected chi connectivity index (χ4v) is 1.77. The second kappa shape index (κ2) is 6.83. The van der Waals surface area contributed by atoms with Crippen molar-refractivity contribution in [3.8, 4) is 0 Å². The molecule has 2 unspecified atom stereocenters. The third kappa shape index (κ3) is 5.17. The lowest BCUT2D eigenvalue weighted by molar-refractivity contribution is -0.144. The van der Waals surface area contributed by atoms with Crippen molar-refractivity contribution in [2.24, 2.45) is 5.92 Å². The molecule has 0 radical (unpaired) electrons. The third-order valence-electron chi connectivity index (χ3n) is 2.84. The number of nitrogens with one attached hydrogen (secondary N) is 1. The van der Waals surface area contributed by atoms with E-state index < -0.39 is 11.5 Å². The highest BCUT2D eigenvalue weighted by atomic mass is 16.4. The first-order chi connectivity index (χ1) is 6.96. The minimum Gasteiger partial charge on any atom is -0.480 e. The Bertz CT molecular complexity index is 194. The lowest BCUT2D eigenvalue weighted by atomic mass is 9.95. The Hall–Kier alpha value is -0.570. The van der Waals surface area contributed by atoms with Gasteiger partial charge in [-0.1, -0.05) is 33.6 Å². The summed E-state index contributed by atoms with van der Waals surface area (Å²) in [6, 6.07) is 0. The summed E-state index contributed by atoms with van der Waals surface area (Å²) in [4.78, 5) is 11.1. The van der Waals surface area contributed by atoms with E-state index in [9.17, 15) is 4.79 Å². The molecule has 0 heterocycles. The summed E-state index contributed by atoms with van der Waals surface area (Å²) in [7, 11) is 0. The monoisotopic (exact) mass is 215 g/mol. The maximum atomic E-state index is 11.1. The SMILES string of the molecule is CCCC(C)CNC(C)(CCC)C(=O)O. The first-order valence-corrected chi connectivity index (χ1v) is 5.94. The van der Waals surface area contributed by atoms with Crippen molar-refractivity contribution in [1.82, 2.24) is 5.32 Å². The van der Waals surface area contributed by atoms with Crippen LogP contribution in [-0.4, -0.2) is 23.2 Å². The summed E-state index contributed by atoms with van der Waals surface area (Å²) in [5.41, 5.74) is -0.753. The molecule has 90 valence electrons. The molecule has 0 bridgehead atoms. The van der Waals surface area contributed by atoms with Gasteiger partial charge in [0.1, 0.15) is 5.54 Å². The average molecular weight is 215 g/mol. The molecular weight excluding hydrogens is 190 g/mol.